The standard InChI is InChI=1S/C14H20N2OS/c1-9(14(17)16-15)10(2)18-13-7-6-11-4-3-5-12(11)8-13/h6-10H,3-5,15H2,1-2H3,(H,16,17). The van der Waals surface area contributed by atoms with Gasteiger partial charge >= 0.3 is 0 Å². The van der Waals surface area contributed by atoms with Crippen LogP contribution in [-0.2, 0) is 17.6 Å². The Morgan fingerprint density at radius 1 is 1.33 bits per heavy atom. The van der Waals surface area contributed by atoms with E-state index in [1.807, 2.05) is 6.92 Å². The van der Waals surface area contributed by atoms with Crippen LogP contribution in [-0.4, -0.2) is 11.2 Å². The monoisotopic (exact) mass is 264 g/mol. The highest BCUT2D eigenvalue weighted by Crippen LogP contribution is 2.32. The Balaban J connectivity index is 2.03. The average Bonchev–Trinajstić information content (AvgIpc) is 2.84. The molecule has 0 heterocycles. The lowest BCUT2D eigenvalue weighted by atomic mass is 10.1. The number of nitrogens with two attached hydrogens (primary N) is 1. The van der Waals surface area contributed by atoms with Crippen molar-refractivity contribution < 1.29 is 4.79 Å². The maximum atomic E-state index is 11.5. The summed E-state index contributed by atoms with van der Waals surface area (Å²) in [4.78, 5) is 12.7. The normalized spacial score (nSPS) is 17.1. The van der Waals surface area contributed by atoms with Gasteiger partial charge in [0.05, 0.1) is 0 Å². The molecular weight excluding hydrogens is 244 g/mol. The van der Waals surface area contributed by atoms with Crippen LogP contribution in [0.15, 0.2) is 23.1 Å². The zero-order valence-electron chi connectivity index (χ0n) is 10.9. The molecular formula is C14H20N2OS. The fourth-order valence-corrected chi connectivity index (χ4v) is 3.40. The summed E-state index contributed by atoms with van der Waals surface area (Å²) in [6, 6.07) is 6.67. The van der Waals surface area contributed by atoms with Crippen LogP contribution >= 0.6 is 11.8 Å². The summed E-state index contributed by atoms with van der Waals surface area (Å²) >= 11 is 1.74. The van der Waals surface area contributed by atoms with Gasteiger partial charge in [-0.25, -0.2) is 5.84 Å². The first kappa shape index (κ1) is 13.4. The zero-order chi connectivity index (χ0) is 13.1. The van der Waals surface area contributed by atoms with Crippen LogP contribution in [0.4, 0.5) is 0 Å². The third kappa shape index (κ3) is 2.87. The number of thioether (sulfide) groups is 1. The number of hydrogen-bond donors (Lipinski definition) is 2. The zero-order valence-corrected chi connectivity index (χ0v) is 11.7. The molecule has 1 aromatic carbocycles. The van der Waals surface area contributed by atoms with Crippen molar-refractivity contribution in [2.75, 3.05) is 0 Å². The molecule has 4 heteroatoms. The first-order valence-corrected chi connectivity index (χ1v) is 7.28. The average molecular weight is 264 g/mol. The Kier molecular flexibility index (Phi) is 4.30. The van der Waals surface area contributed by atoms with Crippen molar-refractivity contribution in [2.45, 2.75) is 43.3 Å². The van der Waals surface area contributed by atoms with E-state index < -0.39 is 0 Å². The van der Waals surface area contributed by atoms with Crippen molar-refractivity contribution in [2.24, 2.45) is 11.8 Å². The predicted octanol–water partition coefficient (Wildman–Crippen LogP) is 2.28. The van der Waals surface area contributed by atoms with E-state index in [-0.39, 0.29) is 17.1 Å². The topological polar surface area (TPSA) is 55.1 Å². The molecule has 2 rings (SSSR count). The summed E-state index contributed by atoms with van der Waals surface area (Å²) in [7, 11) is 0. The van der Waals surface area contributed by atoms with Crippen LogP contribution in [0.3, 0.4) is 0 Å². The van der Waals surface area contributed by atoms with Gasteiger partial charge in [0.2, 0.25) is 5.91 Å². The Labute approximate surface area is 112 Å². The maximum Gasteiger partial charge on any atom is 0.237 e. The molecule has 0 bridgehead atoms. The molecule has 0 aliphatic heterocycles. The Bertz CT molecular complexity index is 447. The molecule has 0 aromatic heterocycles. The number of benzene rings is 1. The first-order valence-electron chi connectivity index (χ1n) is 6.40. The van der Waals surface area contributed by atoms with Crippen LogP contribution in [0.2, 0.25) is 0 Å². The molecule has 0 saturated carbocycles. The minimum atomic E-state index is -0.101. The lowest BCUT2D eigenvalue weighted by Gasteiger charge is -2.18. The minimum absolute atomic E-state index is 0.0896. The lowest BCUT2D eigenvalue weighted by Crippen LogP contribution is -2.38. The van der Waals surface area contributed by atoms with Crippen LogP contribution < -0.4 is 11.3 Å². The molecule has 18 heavy (non-hydrogen) atoms. The second-order valence-corrected chi connectivity index (χ2v) is 6.35. The van der Waals surface area contributed by atoms with Gasteiger partial charge in [-0.15, -0.1) is 11.8 Å². The van der Waals surface area contributed by atoms with Gasteiger partial charge in [0, 0.05) is 16.1 Å². The second-order valence-electron chi connectivity index (χ2n) is 4.90. The van der Waals surface area contributed by atoms with Crippen molar-refractivity contribution in [3.8, 4) is 0 Å². The van der Waals surface area contributed by atoms with Gasteiger partial charge in [-0.1, -0.05) is 19.9 Å². The maximum absolute atomic E-state index is 11.5. The SMILES string of the molecule is CC(Sc1ccc2c(c1)CCC2)C(C)C(=O)NN. The Morgan fingerprint density at radius 2 is 2.06 bits per heavy atom. The van der Waals surface area contributed by atoms with Crippen molar-refractivity contribution in [3.05, 3.63) is 29.3 Å². The highest BCUT2D eigenvalue weighted by Gasteiger charge is 2.21. The van der Waals surface area contributed by atoms with E-state index >= 15 is 0 Å². The summed E-state index contributed by atoms with van der Waals surface area (Å²) in [6.07, 6.45) is 3.67. The highest BCUT2D eigenvalue weighted by atomic mass is 32.2. The summed E-state index contributed by atoms with van der Waals surface area (Å²) < 4.78 is 0. The van der Waals surface area contributed by atoms with Gasteiger partial charge in [0.15, 0.2) is 0 Å². The number of aryl methyl sites for hydroxylation is 2. The molecule has 1 aliphatic rings. The number of carbonyl (C=O) groups is 1. The fraction of sp³-hybridized carbons (Fsp3) is 0.500. The minimum Gasteiger partial charge on any atom is -0.294 e. The van der Waals surface area contributed by atoms with E-state index in [1.54, 1.807) is 11.8 Å². The Morgan fingerprint density at radius 3 is 2.78 bits per heavy atom. The van der Waals surface area contributed by atoms with Gasteiger partial charge in [-0.05, 0) is 42.5 Å². The number of hydrogen-bond acceptors (Lipinski definition) is 3. The largest absolute Gasteiger partial charge is 0.294 e. The van der Waals surface area contributed by atoms with Gasteiger partial charge in [-0.2, -0.15) is 0 Å². The van der Waals surface area contributed by atoms with E-state index in [0.29, 0.717) is 0 Å². The van der Waals surface area contributed by atoms with Crippen LogP contribution in [0.25, 0.3) is 0 Å². The Hall–Kier alpha value is -1.00. The number of fused-ring (bicyclic) bond motifs is 1. The third-order valence-corrected chi connectivity index (χ3v) is 4.96. The molecule has 0 spiro atoms. The predicted molar refractivity (Wildman–Crippen MR) is 75.3 cm³/mol. The molecule has 1 aliphatic carbocycles. The molecule has 0 fully saturated rings. The van der Waals surface area contributed by atoms with Crippen molar-refractivity contribution in [3.63, 3.8) is 0 Å². The number of amides is 1. The molecule has 98 valence electrons. The third-order valence-electron chi connectivity index (χ3n) is 3.65. The molecule has 3 N–H and O–H groups in total. The van der Waals surface area contributed by atoms with E-state index in [9.17, 15) is 4.79 Å². The molecule has 3 nitrogen and oxygen atoms in total. The van der Waals surface area contributed by atoms with E-state index in [1.165, 1.54) is 35.3 Å². The van der Waals surface area contributed by atoms with E-state index in [0.717, 1.165) is 0 Å². The van der Waals surface area contributed by atoms with Gasteiger partial charge < -0.3 is 0 Å². The van der Waals surface area contributed by atoms with Crippen LogP contribution in [0.1, 0.15) is 31.4 Å². The number of hydrazine groups is 1. The molecule has 2 unspecified atom stereocenters. The van der Waals surface area contributed by atoms with Gasteiger partial charge in [0.25, 0.3) is 0 Å². The van der Waals surface area contributed by atoms with E-state index in [4.69, 9.17) is 5.84 Å². The van der Waals surface area contributed by atoms with Crippen LogP contribution in [0, 0.1) is 5.92 Å². The fourth-order valence-electron chi connectivity index (χ4n) is 2.28. The molecule has 1 amide bonds. The highest BCUT2D eigenvalue weighted by molar-refractivity contribution is 8.00. The quantitative estimate of drug-likeness (QED) is 0.380. The van der Waals surface area contributed by atoms with Crippen molar-refractivity contribution in [1.82, 2.24) is 5.43 Å². The smallest absolute Gasteiger partial charge is 0.237 e. The van der Waals surface area contributed by atoms with E-state index in [2.05, 4.69) is 30.5 Å². The van der Waals surface area contributed by atoms with Gasteiger partial charge in [-0.3, -0.25) is 10.2 Å². The van der Waals surface area contributed by atoms with Crippen molar-refractivity contribution in [1.29, 1.82) is 0 Å². The summed E-state index contributed by atoms with van der Waals surface area (Å²) in [5.41, 5.74) is 5.18. The number of carbonyl (C=O) groups excluding carboxylic acids is 1. The number of rotatable bonds is 4. The molecule has 1 aromatic rings. The van der Waals surface area contributed by atoms with Crippen molar-refractivity contribution >= 4 is 17.7 Å². The molecule has 2 atom stereocenters. The second kappa shape index (κ2) is 5.76. The van der Waals surface area contributed by atoms with Gasteiger partial charge in [0.1, 0.15) is 0 Å². The summed E-state index contributed by atoms with van der Waals surface area (Å²) in [5, 5.41) is 0.216. The molecule has 0 saturated heterocycles. The first-order chi connectivity index (χ1) is 8.61. The summed E-state index contributed by atoms with van der Waals surface area (Å²) in [5.74, 6) is 4.98. The number of nitrogens with one attached hydrogen (secondary N) is 1. The lowest BCUT2D eigenvalue weighted by molar-refractivity contribution is -0.124. The summed E-state index contributed by atoms with van der Waals surface area (Å²) in [6.45, 7) is 3.98. The van der Waals surface area contributed by atoms with Crippen LogP contribution in [0.5, 0.6) is 0 Å². The molecule has 0 radical (unpaired) electrons.